The van der Waals surface area contributed by atoms with Crippen molar-refractivity contribution in [2.75, 3.05) is 28.3 Å². The van der Waals surface area contributed by atoms with Crippen molar-refractivity contribution in [3.05, 3.63) is 0 Å². The van der Waals surface area contributed by atoms with Crippen LogP contribution in [0.4, 0.5) is 0 Å². The summed E-state index contributed by atoms with van der Waals surface area (Å²) in [5, 5.41) is 0. The number of Topliss-reactive ketones (excluding diaryl/α,β-unsaturated/α-hetero) is 1. The second kappa shape index (κ2) is 60.5. The Morgan fingerprint density at radius 3 is 1.09 bits per heavy atom. The summed E-state index contributed by atoms with van der Waals surface area (Å²) >= 11 is 0. The number of rotatable bonds is 15. The minimum absolute atomic E-state index is 0. The Balaban J connectivity index is 0.00000121. The van der Waals surface area contributed by atoms with Gasteiger partial charge in [-0.1, -0.05) is 349 Å². The summed E-state index contributed by atoms with van der Waals surface area (Å²) in [7, 11) is 7.42. The van der Waals surface area contributed by atoms with Gasteiger partial charge < -0.3 is 14.4 Å². The van der Waals surface area contributed by atoms with Gasteiger partial charge in [0.2, 0.25) is 5.91 Å². The second-order valence-electron chi connectivity index (χ2n) is 44.6. The molecule has 0 bridgehead atoms. The summed E-state index contributed by atoms with van der Waals surface area (Å²) in [6, 6.07) is 0. The minimum atomic E-state index is 0. The van der Waals surface area contributed by atoms with Gasteiger partial charge in [0.15, 0.2) is 0 Å². The van der Waals surface area contributed by atoms with E-state index in [0.717, 1.165) is 168 Å². The Morgan fingerprint density at radius 2 is 0.712 bits per heavy atom. The average molecular weight is 1560 g/mol. The van der Waals surface area contributed by atoms with Crippen LogP contribution in [0.5, 0.6) is 0 Å². The van der Waals surface area contributed by atoms with Gasteiger partial charge in [-0.3, -0.25) is 9.59 Å². The molecule has 0 unspecified atom stereocenters. The first-order valence-electron chi connectivity index (χ1n) is 49.4. The smallest absolute Gasteiger partial charge is 0.225 e. The zero-order valence-corrected chi connectivity index (χ0v) is 81.4. The third-order valence-electron chi connectivity index (χ3n) is 30.8. The molecule has 10 rings (SSSR count). The summed E-state index contributed by atoms with van der Waals surface area (Å²) < 4.78 is 10.8. The molecule has 0 spiro atoms. The van der Waals surface area contributed by atoms with Crippen molar-refractivity contribution in [2.24, 2.45) is 159 Å². The number of ether oxygens (including phenoxy) is 2. The van der Waals surface area contributed by atoms with E-state index in [2.05, 4.69) is 187 Å². The molecule has 13 atom stereocenters. The number of ketones is 1. The van der Waals surface area contributed by atoms with Gasteiger partial charge in [0.25, 0.3) is 0 Å². The third-order valence-corrected chi connectivity index (χ3v) is 30.8. The van der Waals surface area contributed by atoms with Crippen molar-refractivity contribution in [1.82, 2.24) is 4.90 Å². The first-order valence-corrected chi connectivity index (χ1v) is 49.4. The molecule has 111 heavy (non-hydrogen) atoms. The largest absolute Gasteiger partial charge is 0.381 e. The lowest BCUT2D eigenvalue weighted by atomic mass is 9.69. The molecule has 0 saturated heterocycles. The third kappa shape index (κ3) is 48.2. The first-order chi connectivity index (χ1) is 51.6. The van der Waals surface area contributed by atoms with Crippen LogP contribution in [0.25, 0.3) is 0 Å². The molecule has 5 nitrogen and oxygen atoms in total. The molecule has 0 aliphatic heterocycles. The molecular weight excluding hydrogens is 1350 g/mol. The fourth-order valence-electron chi connectivity index (χ4n) is 21.6. The van der Waals surface area contributed by atoms with Crippen LogP contribution in [0.2, 0.25) is 0 Å². The normalized spacial score (nSPS) is 30.3. The molecular formula is C106H211NO4. The van der Waals surface area contributed by atoms with E-state index in [0.29, 0.717) is 46.6 Å². The van der Waals surface area contributed by atoms with Gasteiger partial charge >= 0.3 is 0 Å². The molecule has 10 fully saturated rings. The Morgan fingerprint density at radius 1 is 0.333 bits per heavy atom. The fraction of sp³-hybridized carbons (Fsp3) is 0.981. The topological polar surface area (TPSA) is 55.8 Å². The highest BCUT2D eigenvalue weighted by Gasteiger charge is 2.34. The number of carbonyl (C=O) groups excluding carboxylic acids is 2. The van der Waals surface area contributed by atoms with Gasteiger partial charge in [-0.15, -0.1) is 0 Å². The number of hydrogen-bond acceptors (Lipinski definition) is 4. The molecule has 10 saturated carbocycles. The van der Waals surface area contributed by atoms with E-state index in [1.165, 1.54) is 238 Å². The van der Waals surface area contributed by atoms with Crippen LogP contribution in [0, 0.1) is 159 Å². The van der Waals surface area contributed by atoms with E-state index in [1.807, 2.05) is 35.2 Å². The molecule has 0 N–H and O–H groups in total. The van der Waals surface area contributed by atoms with E-state index in [4.69, 9.17) is 9.47 Å². The van der Waals surface area contributed by atoms with E-state index >= 15 is 0 Å². The highest BCUT2D eigenvalue weighted by atomic mass is 16.5. The van der Waals surface area contributed by atoms with Crippen molar-refractivity contribution in [3.8, 4) is 0 Å². The molecule has 0 aromatic carbocycles. The fourth-order valence-corrected chi connectivity index (χ4v) is 21.6. The number of amides is 1. The predicted molar refractivity (Wildman–Crippen MR) is 497 cm³/mol. The first kappa shape index (κ1) is 110. The van der Waals surface area contributed by atoms with Gasteiger partial charge in [-0.2, -0.15) is 0 Å². The molecule has 0 heterocycles. The minimum Gasteiger partial charge on any atom is -0.381 e. The molecule has 0 aromatic heterocycles. The Hall–Kier alpha value is -0.940. The number of hydrogen-bond donors (Lipinski definition) is 0. The number of methoxy groups -OCH3 is 2. The van der Waals surface area contributed by atoms with Crippen molar-refractivity contribution in [1.29, 1.82) is 0 Å². The van der Waals surface area contributed by atoms with Crippen LogP contribution in [0.3, 0.4) is 0 Å². The average Bonchev–Trinajstić information content (AvgIpc) is 0.877. The van der Waals surface area contributed by atoms with Gasteiger partial charge in [0.05, 0.1) is 12.2 Å². The van der Waals surface area contributed by atoms with Crippen LogP contribution in [-0.4, -0.2) is 57.1 Å². The van der Waals surface area contributed by atoms with Crippen LogP contribution in [0.15, 0.2) is 0 Å². The molecule has 0 radical (unpaired) electrons. The zero-order valence-electron chi connectivity index (χ0n) is 81.4. The Labute approximate surface area is 701 Å². The van der Waals surface area contributed by atoms with Gasteiger partial charge in [0, 0.05) is 46.6 Å². The standard InChI is InChI=1S/C12H23NO.C12H22O.2C11H22.2C10H20O.3C10H20.C9H18.CH4/c1-9(2)10-6-5-7-11(8-10)12(14)13(3)4;1-4-12(13)11-7-5-6-10(8-11)9(2)3;1-9(2)10-5-7-11(3,4)8-6-10;1-9(2)10-6-5-7-11(3,4)8-10;1-8(2)9-5-4-6-10(7-9)11-3;1-8(2)9-6-4-5-7-10(9)11-3;1-8(2)10-6-4-9(3)5-7-10;1-8(2)10-6-4-5-9(3)7-10;1-8(2)10-7-5-4-6-9(10)3;1-8(2)9-6-4-3-5-7-9;/h9-11H,5-8H2,1-4H3;9-11H,4-8H2,1-3H3;2*9-10H,5-8H2,1-4H3;2*8-10H,4-7H2,1-3H3;3*8-10H,4-7H2,1-3H3;8-9H,3-7H2,1-2H3;1H4/t2*10-,11+;;10-;2*9-,10+;;2*9-,10+;;/m11.110.01../s1. The van der Waals surface area contributed by atoms with E-state index in [-0.39, 0.29) is 7.43 Å². The van der Waals surface area contributed by atoms with Crippen molar-refractivity contribution < 1.29 is 19.1 Å². The lowest BCUT2D eigenvalue weighted by Gasteiger charge is -2.37. The molecule has 1 amide bonds. The highest BCUT2D eigenvalue weighted by Crippen LogP contribution is 2.44. The van der Waals surface area contributed by atoms with Crippen molar-refractivity contribution in [2.45, 2.75) is 483 Å². The van der Waals surface area contributed by atoms with E-state index in [1.54, 1.807) is 4.90 Å². The highest BCUT2D eigenvalue weighted by molar-refractivity contribution is 5.80. The maximum atomic E-state index is 11.8. The Bertz CT molecular complexity index is 2170. The van der Waals surface area contributed by atoms with Crippen LogP contribution in [0.1, 0.15) is 471 Å². The maximum absolute atomic E-state index is 11.8. The molecule has 10 aliphatic rings. The summed E-state index contributed by atoms with van der Waals surface area (Å²) in [4.78, 5) is 25.1. The van der Waals surface area contributed by atoms with Gasteiger partial charge in [-0.25, -0.2) is 0 Å². The van der Waals surface area contributed by atoms with E-state index in [9.17, 15) is 9.59 Å². The number of nitrogens with zero attached hydrogens (tertiary/aromatic N) is 1. The lowest BCUT2D eigenvalue weighted by Crippen LogP contribution is -2.33. The second-order valence-corrected chi connectivity index (χ2v) is 44.6. The molecule has 5 heteroatoms. The van der Waals surface area contributed by atoms with Gasteiger partial charge in [0.1, 0.15) is 5.78 Å². The summed E-state index contributed by atoms with van der Waals surface area (Å²) in [5.74, 6) is 22.6. The molecule has 664 valence electrons. The predicted octanol–water partition coefficient (Wildman–Crippen LogP) is 33.6. The van der Waals surface area contributed by atoms with Gasteiger partial charge in [-0.05, 0) is 263 Å². The monoisotopic (exact) mass is 1560 g/mol. The van der Waals surface area contributed by atoms with Crippen LogP contribution < -0.4 is 0 Å². The summed E-state index contributed by atoms with van der Waals surface area (Å²) in [6.07, 6.45) is 59.1. The Kier molecular flexibility index (Phi) is 60.0. The SMILES string of the molecule is C.CC(C)C1CCC(C)(C)CC1.CC(C)C1CCCCC1.CC(C)[C@@H]1CCCC(C)(C)C1.CC(C)[C@@H]1CCCC[C@H]1C.CC(C)[C@@H]1CCC[C@H](C(=O)N(C)C)C1.CC(C)[C@@H]1CCC[C@H](C)C1.CC1CCC(C(C)C)CC1.CCC(=O)[C@H]1CCC[C@@H](C(C)C)C1.CO[C@@H]1CCCC[C@H]1C(C)C.CO[C@H]1CCC[C@@H](C(C)C)C1. The summed E-state index contributed by atoms with van der Waals surface area (Å²) in [6.45, 7) is 65.6. The molecule has 0 aromatic rings. The van der Waals surface area contributed by atoms with Crippen LogP contribution in [-0.2, 0) is 19.1 Å². The summed E-state index contributed by atoms with van der Waals surface area (Å²) in [5.41, 5.74) is 1.28. The van der Waals surface area contributed by atoms with Crippen LogP contribution >= 0.6 is 0 Å². The van der Waals surface area contributed by atoms with Crippen molar-refractivity contribution in [3.63, 3.8) is 0 Å². The van der Waals surface area contributed by atoms with E-state index < -0.39 is 0 Å². The lowest BCUT2D eigenvalue weighted by molar-refractivity contribution is -0.134. The quantitative estimate of drug-likeness (QED) is 0.164. The maximum Gasteiger partial charge on any atom is 0.225 e. The number of carbonyl (C=O) groups is 2. The molecule has 10 aliphatic carbocycles. The zero-order chi connectivity index (χ0) is 83.4. The van der Waals surface area contributed by atoms with Crippen molar-refractivity contribution >= 4 is 11.7 Å².